The average Bonchev–Trinajstić information content (AvgIpc) is 3.61. The third-order valence-corrected chi connectivity index (χ3v) is 6.72. The van der Waals surface area contributed by atoms with Gasteiger partial charge in [0.1, 0.15) is 24.2 Å². The second-order valence-corrected chi connectivity index (χ2v) is 8.99. The van der Waals surface area contributed by atoms with Crippen molar-refractivity contribution in [2.75, 3.05) is 26.3 Å². The summed E-state index contributed by atoms with van der Waals surface area (Å²) in [6, 6.07) is 11.4. The highest BCUT2D eigenvalue weighted by Crippen LogP contribution is 2.40. The van der Waals surface area contributed by atoms with Gasteiger partial charge in [0.15, 0.2) is 5.76 Å². The van der Waals surface area contributed by atoms with E-state index in [0.29, 0.717) is 32.8 Å². The summed E-state index contributed by atoms with van der Waals surface area (Å²) in [5.41, 5.74) is 7.41. The van der Waals surface area contributed by atoms with E-state index in [-0.39, 0.29) is 29.5 Å². The first-order chi connectivity index (χ1) is 18.4. The van der Waals surface area contributed by atoms with E-state index in [9.17, 15) is 19.6 Å². The van der Waals surface area contributed by atoms with Gasteiger partial charge in [-0.2, -0.15) is 15.0 Å². The molecule has 1 aromatic carbocycles. The lowest BCUT2D eigenvalue weighted by atomic mass is 9.84. The molecule has 2 aromatic heterocycles. The normalized spacial score (nSPS) is 19.1. The van der Waals surface area contributed by atoms with Crippen molar-refractivity contribution in [3.8, 4) is 11.9 Å². The Morgan fingerprint density at radius 3 is 2.50 bits per heavy atom. The number of aromatic nitrogens is 2. The number of hydrogen-bond donors (Lipinski definition) is 1. The number of amides is 3. The highest BCUT2D eigenvalue weighted by molar-refractivity contribution is 6.04. The Kier molecular flexibility index (Phi) is 6.95. The molecule has 3 amide bonds. The van der Waals surface area contributed by atoms with Crippen LogP contribution in [0.25, 0.3) is 0 Å². The molecule has 2 aliphatic heterocycles. The van der Waals surface area contributed by atoms with E-state index < -0.39 is 29.8 Å². The van der Waals surface area contributed by atoms with Crippen molar-refractivity contribution < 1.29 is 28.3 Å². The second-order valence-electron chi connectivity index (χ2n) is 8.99. The van der Waals surface area contributed by atoms with Crippen LogP contribution in [0.4, 0.5) is 4.79 Å². The van der Waals surface area contributed by atoms with Gasteiger partial charge in [0, 0.05) is 19.6 Å². The number of nitrogens with two attached hydrogens (primary N) is 1. The fraction of sp³-hybridized carbons (Fsp3) is 0.346. The van der Waals surface area contributed by atoms with Gasteiger partial charge in [-0.25, -0.2) is 4.79 Å². The zero-order valence-corrected chi connectivity index (χ0v) is 20.7. The van der Waals surface area contributed by atoms with Crippen molar-refractivity contribution in [2.45, 2.75) is 32.0 Å². The van der Waals surface area contributed by atoms with Crippen LogP contribution in [-0.4, -0.2) is 69.8 Å². The van der Waals surface area contributed by atoms with E-state index in [1.165, 1.54) is 12.3 Å². The minimum atomic E-state index is -0.897. The SMILES string of the molecule is CC1C(c2nn(C(=O)c3ccco3)c(OCc3ccc(CN)cc3)c2C#N)C(=O)N1C(=O)N1CCOCC1. The first-order valence-corrected chi connectivity index (χ1v) is 12.2. The molecule has 0 saturated carbocycles. The molecule has 4 heterocycles. The summed E-state index contributed by atoms with van der Waals surface area (Å²) in [6.07, 6.45) is 1.34. The van der Waals surface area contributed by atoms with Crippen LogP contribution in [0.1, 0.15) is 45.8 Å². The lowest BCUT2D eigenvalue weighted by Gasteiger charge is -2.45. The standard InChI is InChI=1S/C26H26N6O6/c1-16-21(24(34)31(16)26(35)30-8-11-36-12-9-30)22-19(14-28)25(32(29-22)23(33)20-3-2-10-37-20)38-15-18-6-4-17(13-27)5-7-18/h2-7,10,16,21H,8-9,11-13,15,27H2,1H3. The minimum Gasteiger partial charge on any atom is -0.472 e. The Labute approximate surface area is 218 Å². The Morgan fingerprint density at radius 2 is 1.89 bits per heavy atom. The van der Waals surface area contributed by atoms with Crippen molar-refractivity contribution >= 4 is 17.8 Å². The molecule has 0 bridgehead atoms. The predicted octanol–water partition coefficient (Wildman–Crippen LogP) is 1.84. The summed E-state index contributed by atoms with van der Waals surface area (Å²) < 4.78 is 17.4. The van der Waals surface area contributed by atoms with Crippen molar-refractivity contribution in [1.29, 1.82) is 5.26 Å². The van der Waals surface area contributed by atoms with Gasteiger partial charge in [0.25, 0.3) is 0 Å². The Bertz CT molecular complexity index is 1380. The number of nitriles is 1. The van der Waals surface area contributed by atoms with Crippen LogP contribution < -0.4 is 10.5 Å². The predicted molar refractivity (Wildman–Crippen MR) is 131 cm³/mol. The maximum Gasteiger partial charge on any atom is 0.327 e. The van der Waals surface area contributed by atoms with Crippen LogP contribution in [-0.2, 0) is 22.7 Å². The number of carbonyl (C=O) groups excluding carboxylic acids is 3. The molecule has 196 valence electrons. The number of carbonyl (C=O) groups is 3. The number of rotatable bonds is 6. The highest BCUT2D eigenvalue weighted by Gasteiger charge is 2.53. The van der Waals surface area contributed by atoms with Crippen LogP contribution in [0.15, 0.2) is 47.1 Å². The van der Waals surface area contributed by atoms with E-state index in [0.717, 1.165) is 20.7 Å². The van der Waals surface area contributed by atoms with E-state index in [2.05, 4.69) is 5.10 Å². The lowest BCUT2D eigenvalue weighted by molar-refractivity contribution is -0.144. The molecule has 2 N–H and O–H groups in total. The summed E-state index contributed by atoms with van der Waals surface area (Å²) in [5, 5.41) is 14.4. The van der Waals surface area contributed by atoms with Gasteiger partial charge in [-0.3, -0.25) is 14.5 Å². The summed E-state index contributed by atoms with van der Waals surface area (Å²) in [6.45, 7) is 3.72. The number of ether oxygens (including phenoxy) is 2. The van der Waals surface area contributed by atoms with Crippen LogP contribution in [0, 0.1) is 11.3 Å². The molecule has 12 nitrogen and oxygen atoms in total. The van der Waals surface area contributed by atoms with E-state index in [4.69, 9.17) is 19.6 Å². The molecule has 2 atom stereocenters. The minimum absolute atomic E-state index is 0.0159. The van der Waals surface area contributed by atoms with Gasteiger partial charge < -0.3 is 24.5 Å². The third-order valence-electron chi connectivity index (χ3n) is 6.72. The van der Waals surface area contributed by atoms with Crippen LogP contribution in [0.3, 0.4) is 0 Å². The van der Waals surface area contributed by atoms with Gasteiger partial charge in [-0.15, -0.1) is 0 Å². The number of urea groups is 1. The number of nitrogens with zero attached hydrogens (tertiary/aromatic N) is 5. The average molecular weight is 519 g/mol. The summed E-state index contributed by atoms with van der Waals surface area (Å²) in [7, 11) is 0. The number of morpholine rings is 1. The maximum atomic E-state index is 13.2. The van der Waals surface area contributed by atoms with Gasteiger partial charge in [0.05, 0.1) is 31.2 Å². The Hall–Kier alpha value is -4.47. The summed E-state index contributed by atoms with van der Waals surface area (Å²) in [5.74, 6) is -2.18. The van der Waals surface area contributed by atoms with E-state index in [1.807, 2.05) is 30.3 Å². The quantitative estimate of drug-likeness (QED) is 0.481. The van der Waals surface area contributed by atoms with Gasteiger partial charge in [0.2, 0.25) is 11.8 Å². The number of benzene rings is 1. The molecule has 0 aliphatic carbocycles. The largest absolute Gasteiger partial charge is 0.472 e. The Morgan fingerprint density at radius 1 is 1.18 bits per heavy atom. The molecule has 0 radical (unpaired) electrons. The number of imide groups is 1. The molecule has 5 rings (SSSR count). The molecule has 38 heavy (non-hydrogen) atoms. The molecular weight excluding hydrogens is 492 g/mol. The van der Waals surface area contributed by atoms with E-state index in [1.54, 1.807) is 17.9 Å². The van der Waals surface area contributed by atoms with Gasteiger partial charge >= 0.3 is 11.9 Å². The molecule has 2 fully saturated rings. The number of likely N-dealkylation sites (tertiary alicyclic amines) is 1. The summed E-state index contributed by atoms with van der Waals surface area (Å²) >= 11 is 0. The number of furan rings is 1. The smallest absolute Gasteiger partial charge is 0.327 e. The Balaban J connectivity index is 1.46. The molecule has 2 unspecified atom stereocenters. The zero-order valence-electron chi connectivity index (χ0n) is 20.7. The van der Waals surface area contributed by atoms with Crippen molar-refractivity contribution in [2.24, 2.45) is 5.73 Å². The first-order valence-electron chi connectivity index (χ1n) is 12.2. The van der Waals surface area contributed by atoms with Gasteiger partial charge in [-0.05, 0) is 30.2 Å². The van der Waals surface area contributed by atoms with Crippen LogP contribution in [0.5, 0.6) is 5.88 Å². The van der Waals surface area contributed by atoms with Crippen molar-refractivity contribution in [3.05, 3.63) is 70.8 Å². The van der Waals surface area contributed by atoms with Gasteiger partial charge in [-0.1, -0.05) is 24.3 Å². The lowest BCUT2D eigenvalue weighted by Crippen LogP contribution is -2.64. The topological polar surface area (TPSA) is 157 Å². The number of hydrogen-bond acceptors (Lipinski definition) is 9. The molecular formula is C26H26N6O6. The molecule has 0 spiro atoms. The van der Waals surface area contributed by atoms with E-state index >= 15 is 0 Å². The summed E-state index contributed by atoms with van der Waals surface area (Å²) in [4.78, 5) is 42.1. The zero-order chi connectivity index (χ0) is 26.8. The molecule has 2 saturated heterocycles. The second kappa shape index (κ2) is 10.5. The molecule has 3 aromatic rings. The fourth-order valence-corrected chi connectivity index (χ4v) is 4.58. The monoisotopic (exact) mass is 518 g/mol. The van der Waals surface area contributed by atoms with Crippen LogP contribution in [0.2, 0.25) is 0 Å². The van der Waals surface area contributed by atoms with Crippen molar-refractivity contribution in [3.63, 3.8) is 0 Å². The van der Waals surface area contributed by atoms with Crippen LogP contribution >= 0.6 is 0 Å². The third kappa shape index (κ3) is 4.42. The maximum absolute atomic E-state index is 13.2. The molecule has 12 heteroatoms. The van der Waals surface area contributed by atoms with Crippen molar-refractivity contribution in [1.82, 2.24) is 19.6 Å². The number of β-lactam (4-membered cyclic amide) rings is 1. The fourth-order valence-electron chi connectivity index (χ4n) is 4.58. The first kappa shape index (κ1) is 25.2. The molecule has 2 aliphatic rings. The highest BCUT2D eigenvalue weighted by atomic mass is 16.5.